The number of nitrogens with one attached hydrogen (secondary N) is 1. The fourth-order valence-corrected chi connectivity index (χ4v) is 2.46. The molecule has 0 atom stereocenters. The Morgan fingerprint density at radius 1 is 1.30 bits per heavy atom. The van der Waals surface area contributed by atoms with E-state index in [4.69, 9.17) is 4.74 Å². The number of hydrogen-bond donors (Lipinski definition) is 1. The normalized spacial score (nSPS) is 10.5. The van der Waals surface area contributed by atoms with Crippen LogP contribution in [0.25, 0.3) is 10.9 Å². The average molecular weight is 316 g/mol. The van der Waals surface area contributed by atoms with Crippen molar-refractivity contribution in [2.75, 3.05) is 13.2 Å². The SMILES string of the molecule is CCC(=O)OCCCNC(=O)c1c(C=O)c2ccccc2n1C. The van der Waals surface area contributed by atoms with Gasteiger partial charge in [-0.2, -0.15) is 0 Å². The molecule has 6 heteroatoms. The van der Waals surface area contributed by atoms with Crippen molar-refractivity contribution >= 4 is 29.1 Å². The zero-order valence-electron chi connectivity index (χ0n) is 13.3. The van der Waals surface area contributed by atoms with Crippen LogP contribution in [0.1, 0.15) is 40.6 Å². The molecule has 0 aliphatic heterocycles. The van der Waals surface area contributed by atoms with E-state index in [0.717, 1.165) is 10.9 Å². The van der Waals surface area contributed by atoms with Gasteiger partial charge in [0, 0.05) is 30.9 Å². The molecule has 0 unspecified atom stereocenters. The Labute approximate surface area is 134 Å². The molecule has 0 saturated carbocycles. The van der Waals surface area contributed by atoms with E-state index in [2.05, 4.69) is 5.32 Å². The molecule has 1 heterocycles. The van der Waals surface area contributed by atoms with Crippen LogP contribution in [0.4, 0.5) is 0 Å². The highest BCUT2D eigenvalue weighted by Crippen LogP contribution is 2.23. The van der Waals surface area contributed by atoms with Gasteiger partial charge in [-0.3, -0.25) is 14.4 Å². The largest absolute Gasteiger partial charge is 0.466 e. The van der Waals surface area contributed by atoms with Crippen LogP contribution in [0, 0.1) is 0 Å². The zero-order valence-corrected chi connectivity index (χ0v) is 13.3. The van der Waals surface area contributed by atoms with Gasteiger partial charge in [0.1, 0.15) is 5.69 Å². The maximum Gasteiger partial charge on any atom is 0.305 e. The summed E-state index contributed by atoms with van der Waals surface area (Å²) in [5.41, 5.74) is 1.56. The summed E-state index contributed by atoms with van der Waals surface area (Å²) in [5, 5.41) is 3.51. The molecule has 2 rings (SSSR count). The van der Waals surface area contributed by atoms with Crippen LogP contribution in [0.2, 0.25) is 0 Å². The maximum atomic E-state index is 12.4. The average Bonchev–Trinajstić information content (AvgIpc) is 2.86. The number of benzene rings is 1. The summed E-state index contributed by atoms with van der Waals surface area (Å²) in [6.45, 7) is 2.36. The summed E-state index contributed by atoms with van der Waals surface area (Å²) in [6, 6.07) is 7.38. The molecule has 0 aliphatic carbocycles. The van der Waals surface area contributed by atoms with Gasteiger partial charge in [-0.25, -0.2) is 0 Å². The Hall–Kier alpha value is -2.63. The summed E-state index contributed by atoms with van der Waals surface area (Å²) in [5.74, 6) is -0.569. The van der Waals surface area contributed by atoms with Gasteiger partial charge in [0.15, 0.2) is 6.29 Å². The fraction of sp³-hybridized carbons (Fsp3) is 0.353. The number of aromatic nitrogens is 1. The second kappa shape index (κ2) is 7.58. The second-order valence-electron chi connectivity index (χ2n) is 5.14. The number of amides is 1. The van der Waals surface area contributed by atoms with Crippen LogP contribution in [-0.2, 0) is 16.6 Å². The van der Waals surface area contributed by atoms with E-state index in [1.54, 1.807) is 18.5 Å². The number of para-hydroxylation sites is 1. The number of ether oxygens (including phenoxy) is 1. The molecule has 2 aromatic rings. The molecule has 0 radical (unpaired) electrons. The molecule has 6 nitrogen and oxygen atoms in total. The number of esters is 1. The van der Waals surface area contributed by atoms with Gasteiger partial charge in [0.2, 0.25) is 0 Å². The molecule has 0 aliphatic rings. The molecule has 0 bridgehead atoms. The monoisotopic (exact) mass is 316 g/mol. The van der Waals surface area contributed by atoms with Crippen LogP contribution in [0.5, 0.6) is 0 Å². The Morgan fingerprint density at radius 2 is 2.04 bits per heavy atom. The first-order valence-electron chi connectivity index (χ1n) is 7.56. The lowest BCUT2D eigenvalue weighted by Crippen LogP contribution is -2.28. The molecule has 0 fully saturated rings. The third-order valence-corrected chi connectivity index (χ3v) is 3.64. The quantitative estimate of drug-likeness (QED) is 0.482. The van der Waals surface area contributed by atoms with Gasteiger partial charge in [0.25, 0.3) is 5.91 Å². The van der Waals surface area contributed by atoms with Crippen molar-refractivity contribution in [2.45, 2.75) is 19.8 Å². The first-order chi connectivity index (χ1) is 11.1. The first-order valence-corrected chi connectivity index (χ1v) is 7.56. The van der Waals surface area contributed by atoms with E-state index in [9.17, 15) is 14.4 Å². The van der Waals surface area contributed by atoms with E-state index >= 15 is 0 Å². The summed E-state index contributed by atoms with van der Waals surface area (Å²) >= 11 is 0. The van der Waals surface area contributed by atoms with Gasteiger partial charge < -0.3 is 14.6 Å². The number of fused-ring (bicyclic) bond motifs is 1. The Balaban J connectivity index is 2.05. The molecule has 0 saturated heterocycles. The van der Waals surface area contributed by atoms with Gasteiger partial charge in [-0.15, -0.1) is 0 Å². The molecule has 1 aromatic carbocycles. The number of nitrogens with zero attached hydrogens (tertiary/aromatic N) is 1. The number of hydrogen-bond acceptors (Lipinski definition) is 4. The molecule has 1 N–H and O–H groups in total. The van der Waals surface area contributed by atoms with E-state index in [-0.39, 0.29) is 18.5 Å². The highest BCUT2D eigenvalue weighted by molar-refractivity contribution is 6.10. The van der Waals surface area contributed by atoms with Crippen molar-refractivity contribution in [1.82, 2.24) is 9.88 Å². The van der Waals surface area contributed by atoms with Gasteiger partial charge in [0.05, 0.1) is 12.2 Å². The Bertz CT molecular complexity index is 734. The Kier molecular flexibility index (Phi) is 5.51. The lowest BCUT2D eigenvalue weighted by Gasteiger charge is -2.08. The predicted molar refractivity (Wildman–Crippen MR) is 86.5 cm³/mol. The van der Waals surface area contributed by atoms with Crippen LogP contribution < -0.4 is 5.32 Å². The highest BCUT2D eigenvalue weighted by atomic mass is 16.5. The van der Waals surface area contributed by atoms with Gasteiger partial charge >= 0.3 is 5.97 Å². The number of carbonyl (C=O) groups excluding carboxylic acids is 3. The molecule has 1 amide bonds. The van der Waals surface area contributed by atoms with Gasteiger partial charge in [-0.05, 0) is 12.5 Å². The summed E-state index contributed by atoms with van der Waals surface area (Å²) in [4.78, 5) is 34.8. The van der Waals surface area contributed by atoms with Crippen molar-refractivity contribution < 1.29 is 19.1 Å². The summed E-state index contributed by atoms with van der Waals surface area (Å²) in [7, 11) is 1.76. The smallest absolute Gasteiger partial charge is 0.305 e. The fourth-order valence-electron chi connectivity index (χ4n) is 2.46. The third-order valence-electron chi connectivity index (χ3n) is 3.64. The maximum absolute atomic E-state index is 12.4. The Morgan fingerprint density at radius 3 is 2.74 bits per heavy atom. The number of carbonyl (C=O) groups is 3. The van der Waals surface area contributed by atoms with Gasteiger partial charge in [-0.1, -0.05) is 25.1 Å². The second-order valence-corrected chi connectivity index (χ2v) is 5.14. The minimum Gasteiger partial charge on any atom is -0.466 e. The van der Waals surface area contributed by atoms with Crippen LogP contribution in [-0.4, -0.2) is 35.9 Å². The minimum absolute atomic E-state index is 0.256. The molecule has 1 aromatic heterocycles. The molecule has 122 valence electrons. The van der Waals surface area contributed by atoms with E-state index in [1.807, 2.05) is 24.3 Å². The predicted octanol–water partition coefficient (Wildman–Crippen LogP) is 2.06. The zero-order chi connectivity index (χ0) is 16.8. The van der Waals surface area contributed by atoms with Crippen LogP contribution in [0.3, 0.4) is 0 Å². The highest BCUT2D eigenvalue weighted by Gasteiger charge is 2.20. The molecular weight excluding hydrogens is 296 g/mol. The van der Waals surface area contributed by atoms with Crippen molar-refractivity contribution in [1.29, 1.82) is 0 Å². The standard InChI is InChI=1S/C17H20N2O4/c1-3-15(21)23-10-6-9-18-17(22)16-13(11-20)12-7-4-5-8-14(12)19(16)2/h4-5,7-8,11H,3,6,9-10H2,1-2H3,(H,18,22). The number of rotatable bonds is 7. The van der Waals surface area contributed by atoms with Crippen LogP contribution in [0.15, 0.2) is 24.3 Å². The van der Waals surface area contributed by atoms with E-state index in [1.165, 1.54) is 0 Å². The third kappa shape index (κ3) is 3.59. The minimum atomic E-state index is -0.312. The number of aryl methyl sites for hydroxylation is 1. The summed E-state index contributed by atoms with van der Waals surface area (Å²) < 4.78 is 6.66. The topological polar surface area (TPSA) is 77.4 Å². The van der Waals surface area contributed by atoms with Crippen molar-refractivity contribution in [3.8, 4) is 0 Å². The van der Waals surface area contributed by atoms with Crippen molar-refractivity contribution in [3.63, 3.8) is 0 Å². The van der Waals surface area contributed by atoms with E-state index in [0.29, 0.717) is 36.9 Å². The lowest BCUT2D eigenvalue weighted by molar-refractivity contribution is -0.143. The molecule has 23 heavy (non-hydrogen) atoms. The molecular formula is C17H20N2O4. The van der Waals surface area contributed by atoms with E-state index < -0.39 is 0 Å². The first kappa shape index (κ1) is 16.7. The van der Waals surface area contributed by atoms with Crippen molar-refractivity contribution in [2.24, 2.45) is 7.05 Å². The van der Waals surface area contributed by atoms with Crippen LogP contribution >= 0.6 is 0 Å². The lowest BCUT2D eigenvalue weighted by atomic mass is 10.1. The number of aldehydes is 1. The molecule has 0 spiro atoms. The summed E-state index contributed by atoms with van der Waals surface area (Å²) in [6.07, 6.45) is 1.57. The van der Waals surface area contributed by atoms with Crippen molar-refractivity contribution in [3.05, 3.63) is 35.5 Å².